The smallest absolute Gasteiger partial charge is 0.248 e. The van der Waals surface area contributed by atoms with Crippen LogP contribution in [0.25, 0.3) is 0 Å². The molecule has 94 valence electrons. The topological polar surface area (TPSA) is 97.7 Å². The Bertz CT molecular complexity index is 547. The zero-order valence-corrected chi connectivity index (χ0v) is 9.74. The average Bonchev–Trinajstić information content (AvgIpc) is 2.83. The van der Waals surface area contributed by atoms with Crippen molar-refractivity contribution in [2.75, 3.05) is 12.8 Å². The van der Waals surface area contributed by atoms with Crippen LogP contribution in [0.3, 0.4) is 0 Å². The van der Waals surface area contributed by atoms with Gasteiger partial charge in [0, 0.05) is 0 Å². The van der Waals surface area contributed by atoms with Gasteiger partial charge in [-0.3, -0.25) is 5.21 Å². The summed E-state index contributed by atoms with van der Waals surface area (Å²) in [5, 5.41) is 13.0. The van der Waals surface area contributed by atoms with Gasteiger partial charge in [0.2, 0.25) is 5.96 Å². The summed E-state index contributed by atoms with van der Waals surface area (Å²) in [6.07, 6.45) is 2.99. The van der Waals surface area contributed by atoms with Gasteiger partial charge in [0.05, 0.1) is 30.9 Å². The van der Waals surface area contributed by atoms with E-state index in [9.17, 15) is 0 Å². The molecule has 0 fully saturated rings. The highest BCUT2D eigenvalue weighted by atomic mass is 16.5. The summed E-state index contributed by atoms with van der Waals surface area (Å²) in [6.45, 7) is 0. The van der Waals surface area contributed by atoms with E-state index in [1.165, 1.54) is 17.1 Å². The van der Waals surface area contributed by atoms with Gasteiger partial charge in [0.25, 0.3) is 0 Å². The van der Waals surface area contributed by atoms with E-state index in [1.54, 1.807) is 31.4 Å². The number of nitrogens with two attached hydrogens (primary N) is 1. The van der Waals surface area contributed by atoms with Crippen LogP contribution in [0.15, 0.2) is 41.7 Å². The van der Waals surface area contributed by atoms with E-state index < -0.39 is 0 Å². The van der Waals surface area contributed by atoms with E-state index in [0.29, 0.717) is 11.4 Å². The standard InChI is InChI=1S/C11H13N5O2/c1-18-10-4-2-9(3-5-10)14-11(15-17)16-7-8(12)6-13-16/h2-7,17H,12H2,1H3,(H,14,15). The second kappa shape index (κ2) is 5.19. The van der Waals surface area contributed by atoms with E-state index in [2.05, 4.69) is 10.1 Å². The Kier molecular flexibility index (Phi) is 3.44. The summed E-state index contributed by atoms with van der Waals surface area (Å²) in [5.74, 6) is 0.882. The maximum Gasteiger partial charge on any atom is 0.248 e. The number of aromatic nitrogens is 2. The van der Waals surface area contributed by atoms with Gasteiger partial charge in [0.15, 0.2) is 0 Å². The number of ether oxygens (including phenoxy) is 1. The molecule has 0 atom stereocenters. The molecule has 4 N–H and O–H groups in total. The lowest BCUT2D eigenvalue weighted by molar-refractivity contribution is 0.229. The third kappa shape index (κ3) is 2.58. The minimum Gasteiger partial charge on any atom is -0.497 e. The normalized spacial score (nSPS) is 11.3. The maximum atomic E-state index is 9.04. The molecular weight excluding hydrogens is 234 g/mol. The van der Waals surface area contributed by atoms with Crippen LogP contribution in [0, 0.1) is 0 Å². The molecule has 7 heteroatoms. The number of hydrogen-bond acceptors (Lipinski definition) is 5. The quantitative estimate of drug-likeness (QED) is 0.417. The molecule has 1 aromatic heterocycles. The van der Waals surface area contributed by atoms with Crippen LogP contribution >= 0.6 is 0 Å². The summed E-state index contributed by atoms with van der Waals surface area (Å²) < 4.78 is 6.37. The molecule has 0 saturated carbocycles. The van der Waals surface area contributed by atoms with Crippen LogP contribution in [0.1, 0.15) is 0 Å². The average molecular weight is 247 g/mol. The Hall–Kier alpha value is -2.54. The predicted molar refractivity (Wildman–Crippen MR) is 67.0 cm³/mol. The molecule has 0 unspecified atom stereocenters. The number of aliphatic imine (C=N–C) groups is 1. The van der Waals surface area contributed by atoms with Gasteiger partial charge < -0.3 is 10.5 Å². The molecule has 0 aliphatic carbocycles. The fourth-order valence-corrected chi connectivity index (χ4v) is 1.36. The predicted octanol–water partition coefficient (Wildman–Crippen LogP) is 0.988. The van der Waals surface area contributed by atoms with Crippen LogP contribution in [0.2, 0.25) is 0 Å². The molecule has 0 bridgehead atoms. The zero-order valence-electron chi connectivity index (χ0n) is 9.74. The molecule has 0 radical (unpaired) electrons. The largest absolute Gasteiger partial charge is 0.497 e. The van der Waals surface area contributed by atoms with E-state index in [1.807, 2.05) is 5.48 Å². The molecule has 0 saturated heterocycles. The number of nitrogens with one attached hydrogen (secondary N) is 1. The third-order valence-electron chi connectivity index (χ3n) is 2.23. The Morgan fingerprint density at radius 2 is 2.17 bits per heavy atom. The van der Waals surface area contributed by atoms with Crippen molar-refractivity contribution < 1.29 is 9.94 Å². The molecule has 7 nitrogen and oxygen atoms in total. The molecule has 0 aliphatic heterocycles. The molecule has 0 spiro atoms. The van der Waals surface area contributed by atoms with Gasteiger partial charge in [-0.15, -0.1) is 0 Å². The van der Waals surface area contributed by atoms with E-state index >= 15 is 0 Å². The maximum absolute atomic E-state index is 9.04. The first-order valence-corrected chi connectivity index (χ1v) is 5.16. The van der Waals surface area contributed by atoms with Crippen LogP contribution in [-0.2, 0) is 0 Å². The van der Waals surface area contributed by atoms with Gasteiger partial charge in [-0.2, -0.15) is 5.10 Å². The fourth-order valence-electron chi connectivity index (χ4n) is 1.36. The molecule has 0 aliphatic rings. The summed E-state index contributed by atoms with van der Waals surface area (Å²) in [6, 6.07) is 7.04. The molecule has 0 amide bonds. The number of hydroxylamine groups is 1. The van der Waals surface area contributed by atoms with Crippen LogP contribution < -0.4 is 16.0 Å². The minimum atomic E-state index is 0.150. The van der Waals surface area contributed by atoms with Crippen LogP contribution in [-0.4, -0.2) is 28.1 Å². The lowest BCUT2D eigenvalue weighted by Crippen LogP contribution is -2.27. The Labute approximate surface area is 103 Å². The Balaban J connectivity index is 2.28. The van der Waals surface area contributed by atoms with Crippen molar-refractivity contribution in [3.8, 4) is 5.75 Å². The number of nitrogen functional groups attached to an aromatic ring is 1. The lowest BCUT2D eigenvalue weighted by Gasteiger charge is -2.04. The van der Waals surface area contributed by atoms with E-state index in [4.69, 9.17) is 15.7 Å². The number of methoxy groups -OCH3 is 1. The monoisotopic (exact) mass is 247 g/mol. The number of nitrogens with zero attached hydrogens (tertiary/aromatic N) is 3. The molecule has 2 rings (SSSR count). The third-order valence-corrected chi connectivity index (χ3v) is 2.23. The van der Waals surface area contributed by atoms with E-state index in [-0.39, 0.29) is 5.96 Å². The Morgan fingerprint density at radius 1 is 1.44 bits per heavy atom. The highest BCUT2D eigenvalue weighted by Crippen LogP contribution is 2.17. The number of rotatable bonds is 2. The van der Waals surface area contributed by atoms with Crippen molar-refractivity contribution in [1.82, 2.24) is 15.3 Å². The first-order chi connectivity index (χ1) is 8.72. The fraction of sp³-hybridized carbons (Fsp3) is 0.0909. The second-order valence-electron chi connectivity index (χ2n) is 3.46. The van der Waals surface area contributed by atoms with Crippen LogP contribution in [0.5, 0.6) is 5.75 Å². The highest BCUT2D eigenvalue weighted by molar-refractivity contribution is 5.83. The SMILES string of the molecule is COc1ccc(N=C(NO)n2cc(N)cn2)cc1. The number of anilines is 1. The van der Waals surface area contributed by atoms with Crippen molar-refractivity contribution in [3.63, 3.8) is 0 Å². The van der Waals surface area contributed by atoms with Crippen molar-refractivity contribution >= 4 is 17.3 Å². The summed E-state index contributed by atoms with van der Waals surface area (Å²) in [7, 11) is 1.59. The van der Waals surface area contributed by atoms with Crippen molar-refractivity contribution in [1.29, 1.82) is 0 Å². The zero-order chi connectivity index (χ0) is 13.0. The first kappa shape index (κ1) is 11.9. The van der Waals surface area contributed by atoms with Gasteiger partial charge in [-0.1, -0.05) is 0 Å². The summed E-state index contributed by atoms with van der Waals surface area (Å²) >= 11 is 0. The summed E-state index contributed by atoms with van der Waals surface area (Å²) in [5.41, 5.74) is 8.63. The Morgan fingerprint density at radius 3 is 2.67 bits per heavy atom. The van der Waals surface area contributed by atoms with Gasteiger partial charge in [0.1, 0.15) is 5.75 Å². The van der Waals surface area contributed by atoms with Crippen LogP contribution in [0.4, 0.5) is 11.4 Å². The molecule has 18 heavy (non-hydrogen) atoms. The first-order valence-electron chi connectivity index (χ1n) is 5.16. The van der Waals surface area contributed by atoms with Crippen molar-refractivity contribution in [2.45, 2.75) is 0 Å². The number of hydrogen-bond donors (Lipinski definition) is 3. The highest BCUT2D eigenvalue weighted by Gasteiger charge is 2.03. The molecule has 1 heterocycles. The second-order valence-corrected chi connectivity index (χ2v) is 3.46. The van der Waals surface area contributed by atoms with Gasteiger partial charge >= 0.3 is 0 Å². The molecule has 2 aromatic rings. The number of benzene rings is 1. The van der Waals surface area contributed by atoms with Crippen molar-refractivity contribution in [2.24, 2.45) is 4.99 Å². The van der Waals surface area contributed by atoms with E-state index in [0.717, 1.165) is 5.75 Å². The molecule has 1 aromatic carbocycles. The van der Waals surface area contributed by atoms with Crippen molar-refractivity contribution in [3.05, 3.63) is 36.7 Å². The van der Waals surface area contributed by atoms with Gasteiger partial charge in [-0.25, -0.2) is 15.2 Å². The lowest BCUT2D eigenvalue weighted by atomic mass is 10.3. The molecular formula is C11H13N5O2. The minimum absolute atomic E-state index is 0.150. The summed E-state index contributed by atoms with van der Waals surface area (Å²) in [4.78, 5) is 4.18. The van der Waals surface area contributed by atoms with Gasteiger partial charge in [-0.05, 0) is 24.3 Å².